The van der Waals surface area contributed by atoms with Gasteiger partial charge in [0.25, 0.3) is 0 Å². The fourth-order valence-corrected chi connectivity index (χ4v) is 2.92. The van der Waals surface area contributed by atoms with E-state index in [1.165, 1.54) is 0 Å². The Morgan fingerprint density at radius 2 is 2.06 bits per heavy atom. The normalized spacial score (nSPS) is 21.7. The molecule has 0 saturated carbocycles. The van der Waals surface area contributed by atoms with Gasteiger partial charge in [0.1, 0.15) is 0 Å². The van der Waals surface area contributed by atoms with Gasteiger partial charge in [-0.1, -0.05) is 29.3 Å². The second kappa shape index (κ2) is 6.05. The highest BCUT2D eigenvalue weighted by Gasteiger charge is 2.19. The van der Waals surface area contributed by atoms with Crippen molar-refractivity contribution in [3.63, 3.8) is 0 Å². The zero-order valence-corrected chi connectivity index (χ0v) is 11.2. The molecule has 1 aliphatic rings. The number of rotatable bonds is 4. The zero-order valence-electron chi connectivity index (χ0n) is 9.66. The van der Waals surface area contributed by atoms with E-state index in [0.717, 1.165) is 37.9 Å². The summed E-state index contributed by atoms with van der Waals surface area (Å²) in [4.78, 5) is 0. The lowest BCUT2D eigenvalue weighted by Crippen LogP contribution is -2.15. The Labute approximate surface area is 112 Å². The first kappa shape index (κ1) is 13.2. The summed E-state index contributed by atoms with van der Waals surface area (Å²) in [5.41, 5.74) is 7.01. The summed E-state index contributed by atoms with van der Waals surface area (Å²) in [6.07, 6.45) is 4.49. The Balaban J connectivity index is 1.96. The van der Waals surface area contributed by atoms with Gasteiger partial charge in [-0.3, -0.25) is 0 Å². The minimum atomic E-state index is -0.111. The van der Waals surface area contributed by atoms with Crippen LogP contribution in [-0.4, -0.2) is 12.7 Å². The second-order valence-corrected chi connectivity index (χ2v) is 5.27. The minimum Gasteiger partial charge on any atom is -0.378 e. The van der Waals surface area contributed by atoms with Crippen LogP contribution in [0, 0.1) is 0 Å². The maximum absolute atomic E-state index is 6.15. The van der Waals surface area contributed by atoms with Crippen LogP contribution in [0.2, 0.25) is 10.0 Å². The number of hydrogen-bond donors (Lipinski definition) is 1. The maximum atomic E-state index is 6.15. The number of benzene rings is 1. The highest BCUT2D eigenvalue weighted by Crippen LogP contribution is 2.32. The van der Waals surface area contributed by atoms with E-state index in [1.54, 1.807) is 0 Å². The Morgan fingerprint density at radius 3 is 2.65 bits per heavy atom. The van der Waals surface area contributed by atoms with Gasteiger partial charge < -0.3 is 10.5 Å². The molecule has 1 aromatic rings. The third-order valence-corrected chi connectivity index (χ3v) is 3.85. The van der Waals surface area contributed by atoms with Crippen LogP contribution >= 0.6 is 23.2 Å². The van der Waals surface area contributed by atoms with E-state index < -0.39 is 0 Å². The Kier molecular flexibility index (Phi) is 4.69. The van der Waals surface area contributed by atoms with Crippen LogP contribution < -0.4 is 5.73 Å². The fourth-order valence-electron chi connectivity index (χ4n) is 2.25. The molecule has 2 atom stereocenters. The SMILES string of the molecule is NC(CCC1CCCO1)c1c(Cl)cccc1Cl. The van der Waals surface area contributed by atoms with Gasteiger partial charge in [-0.15, -0.1) is 0 Å². The van der Waals surface area contributed by atoms with Crippen LogP contribution in [0.3, 0.4) is 0 Å². The summed E-state index contributed by atoms with van der Waals surface area (Å²) >= 11 is 12.2. The topological polar surface area (TPSA) is 35.2 Å². The van der Waals surface area contributed by atoms with Crippen molar-refractivity contribution in [1.29, 1.82) is 0 Å². The van der Waals surface area contributed by atoms with Gasteiger partial charge in [0, 0.05) is 28.3 Å². The zero-order chi connectivity index (χ0) is 12.3. The van der Waals surface area contributed by atoms with Crippen molar-refractivity contribution in [2.75, 3.05) is 6.61 Å². The molecule has 0 aliphatic carbocycles. The molecule has 1 aliphatic heterocycles. The van der Waals surface area contributed by atoms with Crippen molar-refractivity contribution < 1.29 is 4.74 Å². The predicted octanol–water partition coefficient (Wildman–Crippen LogP) is 3.95. The van der Waals surface area contributed by atoms with Crippen molar-refractivity contribution in [3.05, 3.63) is 33.8 Å². The molecule has 0 radical (unpaired) electrons. The van der Waals surface area contributed by atoms with Crippen LogP contribution in [0.15, 0.2) is 18.2 Å². The van der Waals surface area contributed by atoms with E-state index >= 15 is 0 Å². The molecule has 0 bridgehead atoms. The molecule has 2 rings (SSSR count). The number of hydrogen-bond acceptors (Lipinski definition) is 2. The Morgan fingerprint density at radius 1 is 1.35 bits per heavy atom. The van der Waals surface area contributed by atoms with E-state index in [-0.39, 0.29) is 6.04 Å². The van der Waals surface area contributed by atoms with Crippen molar-refractivity contribution in [1.82, 2.24) is 0 Å². The predicted molar refractivity (Wildman–Crippen MR) is 71.6 cm³/mol. The molecule has 1 saturated heterocycles. The van der Waals surface area contributed by atoms with Crippen molar-refractivity contribution in [2.24, 2.45) is 5.73 Å². The first-order chi connectivity index (χ1) is 8.18. The molecule has 0 aromatic heterocycles. The molecular formula is C13H17Cl2NO. The summed E-state index contributed by atoms with van der Waals surface area (Å²) < 4.78 is 5.58. The molecule has 2 unspecified atom stereocenters. The average Bonchev–Trinajstić information content (AvgIpc) is 2.79. The smallest absolute Gasteiger partial charge is 0.0576 e. The van der Waals surface area contributed by atoms with Crippen molar-refractivity contribution in [2.45, 2.75) is 37.8 Å². The van der Waals surface area contributed by atoms with Crippen LogP contribution in [0.5, 0.6) is 0 Å². The van der Waals surface area contributed by atoms with Gasteiger partial charge in [-0.2, -0.15) is 0 Å². The lowest BCUT2D eigenvalue weighted by Gasteiger charge is -2.17. The molecule has 4 heteroatoms. The number of nitrogens with two attached hydrogens (primary N) is 1. The van der Waals surface area contributed by atoms with Crippen LogP contribution in [0.4, 0.5) is 0 Å². The lowest BCUT2D eigenvalue weighted by atomic mass is 10.00. The highest BCUT2D eigenvalue weighted by atomic mass is 35.5. The minimum absolute atomic E-state index is 0.111. The van der Waals surface area contributed by atoms with E-state index in [4.69, 9.17) is 33.7 Å². The molecular weight excluding hydrogens is 257 g/mol. The Hall–Kier alpha value is -0.280. The highest BCUT2D eigenvalue weighted by molar-refractivity contribution is 6.36. The van der Waals surface area contributed by atoms with Crippen molar-refractivity contribution in [3.8, 4) is 0 Å². The first-order valence-electron chi connectivity index (χ1n) is 5.99. The molecule has 2 nitrogen and oxygen atoms in total. The third-order valence-electron chi connectivity index (χ3n) is 3.19. The van der Waals surface area contributed by atoms with Gasteiger partial charge in [0.05, 0.1) is 6.10 Å². The summed E-state index contributed by atoms with van der Waals surface area (Å²) in [6.45, 7) is 0.882. The number of halogens is 2. The maximum Gasteiger partial charge on any atom is 0.0576 e. The van der Waals surface area contributed by atoms with Crippen molar-refractivity contribution >= 4 is 23.2 Å². The van der Waals surface area contributed by atoms with Gasteiger partial charge in [-0.05, 0) is 37.8 Å². The van der Waals surface area contributed by atoms with Gasteiger partial charge in [-0.25, -0.2) is 0 Å². The molecule has 1 fully saturated rings. The molecule has 17 heavy (non-hydrogen) atoms. The van der Waals surface area contributed by atoms with E-state index in [0.29, 0.717) is 16.1 Å². The molecule has 0 spiro atoms. The van der Waals surface area contributed by atoms with Crippen LogP contribution in [0.1, 0.15) is 37.3 Å². The Bertz CT molecular complexity index is 357. The molecule has 1 heterocycles. The standard InChI is InChI=1S/C13H17Cl2NO/c14-10-4-1-5-11(15)13(10)12(16)7-6-9-3-2-8-17-9/h1,4-5,9,12H,2-3,6-8,16H2. The first-order valence-corrected chi connectivity index (χ1v) is 6.75. The van der Waals surface area contributed by atoms with Gasteiger partial charge in [0.2, 0.25) is 0 Å². The van der Waals surface area contributed by atoms with Crippen LogP contribution in [-0.2, 0) is 4.74 Å². The monoisotopic (exact) mass is 273 g/mol. The molecule has 1 aromatic carbocycles. The fraction of sp³-hybridized carbons (Fsp3) is 0.538. The summed E-state index contributed by atoms with van der Waals surface area (Å²) in [6, 6.07) is 5.38. The quantitative estimate of drug-likeness (QED) is 0.902. The average molecular weight is 274 g/mol. The molecule has 94 valence electrons. The van der Waals surface area contributed by atoms with E-state index in [2.05, 4.69) is 0 Å². The van der Waals surface area contributed by atoms with E-state index in [9.17, 15) is 0 Å². The lowest BCUT2D eigenvalue weighted by molar-refractivity contribution is 0.101. The second-order valence-electron chi connectivity index (χ2n) is 4.45. The largest absolute Gasteiger partial charge is 0.378 e. The van der Waals surface area contributed by atoms with Gasteiger partial charge >= 0.3 is 0 Å². The summed E-state index contributed by atoms with van der Waals surface area (Å²) in [7, 11) is 0. The van der Waals surface area contributed by atoms with Crippen LogP contribution in [0.25, 0.3) is 0 Å². The third kappa shape index (κ3) is 3.35. The van der Waals surface area contributed by atoms with E-state index in [1.807, 2.05) is 18.2 Å². The molecule has 0 amide bonds. The summed E-state index contributed by atoms with van der Waals surface area (Å²) in [5.74, 6) is 0. The van der Waals surface area contributed by atoms with Gasteiger partial charge in [0.15, 0.2) is 0 Å². The number of ether oxygens (including phenoxy) is 1. The molecule has 2 N–H and O–H groups in total. The summed E-state index contributed by atoms with van der Waals surface area (Å²) in [5, 5.41) is 1.30.